The van der Waals surface area contributed by atoms with Crippen LogP contribution < -0.4 is 30.3 Å². The monoisotopic (exact) mass is 528 g/mol. The van der Waals surface area contributed by atoms with Crippen molar-refractivity contribution in [3.05, 3.63) is 49.1 Å². The van der Waals surface area contributed by atoms with Crippen LogP contribution in [0, 0.1) is 0 Å². The maximum absolute atomic E-state index is 11.7. The van der Waals surface area contributed by atoms with E-state index in [1.54, 1.807) is 19.5 Å². The number of hydrogen-bond donors (Lipinski definition) is 3. The lowest BCUT2D eigenvalue weighted by atomic mass is 9.92. The van der Waals surface area contributed by atoms with Crippen LogP contribution in [-0.4, -0.2) is 70.9 Å². The van der Waals surface area contributed by atoms with Gasteiger partial charge in [0.05, 0.1) is 37.3 Å². The minimum Gasteiger partial charge on any atom is -0.495 e. The van der Waals surface area contributed by atoms with Crippen molar-refractivity contribution in [2.75, 3.05) is 55.4 Å². The van der Waals surface area contributed by atoms with Gasteiger partial charge in [-0.1, -0.05) is 0 Å². The summed E-state index contributed by atoms with van der Waals surface area (Å²) in [6.07, 6.45) is 8.75. The van der Waals surface area contributed by atoms with Crippen molar-refractivity contribution in [1.29, 1.82) is 0 Å². The first-order valence-electron chi connectivity index (χ1n) is 13.0. The lowest BCUT2D eigenvalue weighted by Crippen LogP contribution is -2.50. The van der Waals surface area contributed by atoms with E-state index in [-0.39, 0.29) is 6.09 Å². The smallest absolute Gasteiger partial charge is 0.407 e. The van der Waals surface area contributed by atoms with Crippen LogP contribution in [0.1, 0.15) is 12.8 Å². The number of ether oxygens (including phenoxy) is 3. The number of carbonyl (C=O) groups excluding carboxylic acids is 1. The van der Waals surface area contributed by atoms with Gasteiger partial charge in [-0.15, -0.1) is 0 Å². The molecule has 200 valence electrons. The van der Waals surface area contributed by atoms with E-state index < -0.39 is 5.60 Å². The fraction of sp³-hybridized carbons (Fsp3) is 0.333. The maximum Gasteiger partial charge on any atom is 0.407 e. The van der Waals surface area contributed by atoms with E-state index in [2.05, 4.69) is 30.8 Å². The van der Waals surface area contributed by atoms with Gasteiger partial charge in [0.25, 0.3) is 0 Å². The number of anilines is 4. The standard InChI is InChI=1S/C27H28N8O4/c1-37-22-12-18(3-4-21(22)35-8-2-5-27(16-35)15-31-26(36)39-27)32-23-24-29-6-9-34(24)14-20(33-23)17-11-19-25(30-13-17)38-10-7-28-19/h3-4,6,9,11-14,28H,2,5,7-8,10,15-16H2,1H3,(H,31,36)(H,32,33)/t27-/m0/s1. The molecule has 3 aromatic heterocycles. The maximum atomic E-state index is 11.7. The molecular weight excluding hydrogens is 500 g/mol. The molecule has 1 spiro atoms. The van der Waals surface area contributed by atoms with Crippen molar-refractivity contribution in [3.8, 4) is 22.9 Å². The van der Waals surface area contributed by atoms with Crippen LogP contribution in [0.4, 0.5) is 27.7 Å². The average molecular weight is 529 g/mol. The number of piperidine rings is 1. The molecule has 39 heavy (non-hydrogen) atoms. The third kappa shape index (κ3) is 4.27. The van der Waals surface area contributed by atoms with E-state index in [9.17, 15) is 4.79 Å². The number of alkyl carbamates (subject to hydrolysis) is 1. The number of nitrogens with one attached hydrogen (secondary N) is 3. The summed E-state index contributed by atoms with van der Waals surface area (Å²) >= 11 is 0. The Morgan fingerprint density at radius 1 is 1.21 bits per heavy atom. The molecule has 4 aromatic rings. The third-order valence-electron chi connectivity index (χ3n) is 7.36. The molecule has 6 heterocycles. The van der Waals surface area contributed by atoms with Crippen molar-refractivity contribution < 1.29 is 19.0 Å². The first-order valence-corrected chi connectivity index (χ1v) is 13.0. The number of hydrogen-bond acceptors (Lipinski definition) is 10. The van der Waals surface area contributed by atoms with Crippen LogP contribution in [-0.2, 0) is 4.74 Å². The van der Waals surface area contributed by atoms with Gasteiger partial charge in [-0.3, -0.25) is 0 Å². The summed E-state index contributed by atoms with van der Waals surface area (Å²) in [6.45, 7) is 3.32. The van der Waals surface area contributed by atoms with Crippen LogP contribution in [0.2, 0.25) is 0 Å². The van der Waals surface area contributed by atoms with Crippen molar-refractivity contribution >= 4 is 34.6 Å². The van der Waals surface area contributed by atoms with Crippen LogP contribution in [0.25, 0.3) is 16.9 Å². The van der Waals surface area contributed by atoms with E-state index in [0.29, 0.717) is 37.0 Å². The van der Waals surface area contributed by atoms with Crippen molar-refractivity contribution in [1.82, 2.24) is 24.7 Å². The molecule has 1 atom stereocenters. The van der Waals surface area contributed by atoms with Crippen LogP contribution in [0.5, 0.6) is 11.6 Å². The highest BCUT2D eigenvalue weighted by Crippen LogP contribution is 2.38. The second kappa shape index (κ2) is 9.22. The molecule has 2 fully saturated rings. The van der Waals surface area contributed by atoms with E-state index in [0.717, 1.165) is 60.0 Å². The molecular formula is C27H28N8O4. The summed E-state index contributed by atoms with van der Waals surface area (Å²) in [5.74, 6) is 1.92. The molecule has 0 bridgehead atoms. The Morgan fingerprint density at radius 3 is 3.03 bits per heavy atom. The molecule has 0 radical (unpaired) electrons. The number of rotatable bonds is 5. The van der Waals surface area contributed by atoms with Gasteiger partial charge in [0, 0.05) is 55.2 Å². The highest BCUT2D eigenvalue weighted by molar-refractivity contribution is 5.77. The van der Waals surface area contributed by atoms with Gasteiger partial charge in [-0.05, 0) is 31.0 Å². The number of nitrogens with zero attached hydrogens (tertiary/aromatic N) is 5. The van der Waals surface area contributed by atoms with Crippen molar-refractivity contribution in [2.24, 2.45) is 0 Å². The number of benzene rings is 1. The summed E-state index contributed by atoms with van der Waals surface area (Å²) in [7, 11) is 1.66. The number of pyridine rings is 1. The van der Waals surface area contributed by atoms with Crippen molar-refractivity contribution in [3.63, 3.8) is 0 Å². The van der Waals surface area contributed by atoms with Gasteiger partial charge < -0.3 is 39.5 Å². The lowest BCUT2D eigenvalue weighted by Gasteiger charge is -2.39. The predicted octanol–water partition coefficient (Wildman–Crippen LogP) is 3.43. The Bertz CT molecular complexity index is 1570. The molecule has 3 aliphatic heterocycles. The molecule has 12 heteroatoms. The first kappa shape index (κ1) is 23.4. The minimum atomic E-state index is -0.499. The first-order chi connectivity index (χ1) is 19.1. The zero-order chi connectivity index (χ0) is 26.4. The quantitative estimate of drug-likeness (QED) is 0.355. The molecule has 2 saturated heterocycles. The molecule has 1 amide bonds. The van der Waals surface area contributed by atoms with Gasteiger partial charge in [0.15, 0.2) is 11.5 Å². The molecule has 7 rings (SSSR count). The highest BCUT2D eigenvalue weighted by Gasteiger charge is 2.44. The summed E-state index contributed by atoms with van der Waals surface area (Å²) in [6, 6.07) is 7.96. The highest BCUT2D eigenvalue weighted by atomic mass is 16.6. The number of aromatic nitrogens is 4. The molecule has 3 N–H and O–H groups in total. The summed E-state index contributed by atoms with van der Waals surface area (Å²) in [5.41, 5.74) is 4.41. The number of imidazole rings is 1. The van der Waals surface area contributed by atoms with Gasteiger partial charge >= 0.3 is 6.09 Å². The van der Waals surface area contributed by atoms with Gasteiger partial charge in [0.1, 0.15) is 18.0 Å². The second-order valence-corrected chi connectivity index (χ2v) is 9.95. The van der Waals surface area contributed by atoms with Crippen LogP contribution in [0.15, 0.2) is 49.1 Å². The summed E-state index contributed by atoms with van der Waals surface area (Å²) < 4.78 is 19.0. The molecule has 0 saturated carbocycles. The fourth-order valence-electron chi connectivity index (χ4n) is 5.51. The Labute approximate surface area is 224 Å². The van der Waals surface area contributed by atoms with Crippen molar-refractivity contribution in [2.45, 2.75) is 18.4 Å². The third-order valence-corrected chi connectivity index (χ3v) is 7.36. The Kier molecular flexibility index (Phi) is 5.53. The Hall–Kier alpha value is -4.74. The SMILES string of the molecule is COc1cc(Nc2nc(-c3cnc4c(c3)NCCO4)cn3ccnc23)ccc1N1CCC[C@]2(CNC(=O)O2)C1. The molecule has 12 nitrogen and oxygen atoms in total. The topological polar surface area (TPSA) is 127 Å². The van der Waals surface area contributed by atoms with E-state index in [1.807, 2.05) is 41.1 Å². The summed E-state index contributed by atoms with van der Waals surface area (Å²) in [4.78, 5) is 27.8. The largest absolute Gasteiger partial charge is 0.495 e. The zero-order valence-electron chi connectivity index (χ0n) is 21.4. The predicted molar refractivity (Wildman–Crippen MR) is 145 cm³/mol. The van der Waals surface area contributed by atoms with E-state index in [4.69, 9.17) is 19.2 Å². The Balaban J connectivity index is 1.19. The Morgan fingerprint density at radius 2 is 2.15 bits per heavy atom. The van der Waals surface area contributed by atoms with Crippen LogP contribution >= 0.6 is 0 Å². The number of carbonyl (C=O) groups is 1. The molecule has 0 aliphatic carbocycles. The fourth-order valence-corrected chi connectivity index (χ4v) is 5.51. The minimum absolute atomic E-state index is 0.348. The van der Waals surface area contributed by atoms with Gasteiger partial charge in [0.2, 0.25) is 5.88 Å². The van der Waals surface area contributed by atoms with Gasteiger partial charge in [-0.25, -0.2) is 19.7 Å². The molecule has 3 aliphatic rings. The number of methoxy groups -OCH3 is 1. The van der Waals surface area contributed by atoms with E-state index in [1.165, 1.54) is 0 Å². The number of amides is 1. The number of fused-ring (bicyclic) bond motifs is 2. The molecule has 0 unspecified atom stereocenters. The molecule has 1 aromatic carbocycles. The lowest BCUT2D eigenvalue weighted by molar-refractivity contribution is 0.0446. The van der Waals surface area contributed by atoms with E-state index >= 15 is 0 Å². The second-order valence-electron chi connectivity index (χ2n) is 9.95. The zero-order valence-corrected chi connectivity index (χ0v) is 21.4. The average Bonchev–Trinajstić information content (AvgIpc) is 3.59. The normalized spacial score (nSPS) is 20.1. The van der Waals surface area contributed by atoms with Gasteiger partial charge in [-0.2, -0.15) is 0 Å². The van der Waals surface area contributed by atoms with Crippen LogP contribution in [0.3, 0.4) is 0 Å². The summed E-state index contributed by atoms with van der Waals surface area (Å²) in [5, 5.41) is 9.56.